The average Bonchev–Trinajstić information content (AvgIpc) is 3.14. The van der Waals surface area contributed by atoms with Crippen molar-refractivity contribution in [1.29, 1.82) is 0 Å². The summed E-state index contributed by atoms with van der Waals surface area (Å²) in [4.78, 5) is 4.66. The first kappa shape index (κ1) is 20.9. The van der Waals surface area contributed by atoms with Crippen LogP contribution in [0.4, 0.5) is 0 Å². The molecule has 7 nitrogen and oxygen atoms in total. The van der Waals surface area contributed by atoms with Crippen molar-refractivity contribution in [3.8, 4) is 5.69 Å². The van der Waals surface area contributed by atoms with E-state index in [-0.39, 0.29) is 6.10 Å². The average molecular weight is 373 g/mol. The zero-order chi connectivity index (χ0) is 19.5. The van der Waals surface area contributed by atoms with Crippen LogP contribution in [-0.4, -0.2) is 46.5 Å². The summed E-state index contributed by atoms with van der Waals surface area (Å²) in [7, 11) is 0. The highest BCUT2D eigenvalue weighted by Crippen LogP contribution is 2.11. The molecule has 0 spiro atoms. The van der Waals surface area contributed by atoms with Gasteiger partial charge >= 0.3 is 0 Å². The Balaban J connectivity index is 1.97. The smallest absolute Gasteiger partial charge is 0.191 e. The molecule has 1 heterocycles. The fourth-order valence-electron chi connectivity index (χ4n) is 2.82. The largest absolute Gasteiger partial charge is 0.378 e. The molecule has 2 N–H and O–H groups in total. The molecule has 0 amide bonds. The van der Waals surface area contributed by atoms with Crippen molar-refractivity contribution in [3.63, 3.8) is 0 Å². The number of hydrogen-bond acceptors (Lipinski definition) is 4. The molecule has 1 unspecified atom stereocenters. The molecule has 0 aliphatic heterocycles. The van der Waals surface area contributed by atoms with Crippen molar-refractivity contribution >= 4 is 5.96 Å². The van der Waals surface area contributed by atoms with Gasteiger partial charge in [0, 0.05) is 25.4 Å². The van der Waals surface area contributed by atoms with Gasteiger partial charge in [-0.1, -0.05) is 32.0 Å². The van der Waals surface area contributed by atoms with Crippen LogP contribution in [0.15, 0.2) is 41.7 Å². The Morgan fingerprint density at radius 3 is 2.63 bits per heavy atom. The van der Waals surface area contributed by atoms with Crippen molar-refractivity contribution in [2.45, 2.75) is 46.8 Å². The summed E-state index contributed by atoms with van der Waals surface area (Å²) in [5.74, 6) is 2.07. The molecular formula is C20H32N6O. The van der Waals surface area contributed by atoms with Gasteiger partial charge in [-0.05, 0) is 38.3 Å². The predicted octanol–water partition coefficient (Wildman–Crippen LogP) is 2.77. The number of aliphatic imine (C=N–C) groups is 1. The maximum Gasteiger partial charge on any atom is 0.191 e. The monoisotopic (exact) mass is 372 g/mol. The molecule has 1 atom stereocenters. The lowest BCUT2D eigenvalue weighted by atomic mass is 10.0. The molecule has 1 aromatic carbocycles. The van der Waals surface area contributed by atoms with E-state index in [1.54, 1.807) is 6.33 Å². The van der Waals surface area contributed by atoms with Gasteiger partial charge in [0.05, 0.1) is 6.10 Å². The highest BCUT2D eigenvalue weighted by molar-refractivity contribution is 5.79. The maximum absolute atomic E-state index is 5.81. The van der Waals surface area contributed by atoms with E-state index in [0.717, 1.165) is 43.6 Å². The van der Waals surface area contributed by atoms with E-state index < -0.39 is 0 Å². The van der Waals surface area contributed by atoms with E-state index >= 15 is 0 Å². The van der Waals surface area contributed by atoms with Gasteiger partial charge in [-0.2, -0.15) is 0 Å². The van der Waals surface area contributed by atoms with Crippen molar-refractivity contribution < 1.29 is 4.74 Å². The standard InChI is InChI=1S/C20H32N6O/c1-5-21-20(22-13-12-18(16(3)4)27-6-2)23-14-19-25-24-15-26(19)17-10-8-7-9-11-17/h7-11,15-16,18H,5-6,12-14H2,1-4H3,(H2,21,22,23). The highest BCUT2D eigenvalue weighted by Gasteiger charge is 2.13. The highest BCUT2D eigenvalue weighted by atomic mass is 16.5. The molecule has 0 aliphatic carbocycles. The summed E-state index contributed by atoms with van der Waals surface area (Å²) in [5, 5.41) is 14.9. The summed E-state index contributed by atoms with van der Waals surface area (Å²) >= 11 is 0. The topological polar surface area (TPSA) is 76.4 Å². The molecule has 0 aliphatic rings. The Hall–Kier alpha value is -2.41. The van der Waals surface area contributed by atoms with E-state index in [0.29, 0.717) is 12.5 Å². The van der Waals surface area contributed by atoms with Crippen molar-refractivity contribution in [3.05, 3.63) is 42.5 Å². The van der Waals surface area contributed by atoms with Gasteiger partial charge in [-0.25, -0.2) is 4.99 Å². The summed E-state index contributed by atoms with van der Waals surface area (Å²) in [5.41, 5.74) is 1.03. The number of benzene rings is 1. The number of nitrogens with one attached hydrogen (secondary N) is 2. The molecule has 7 heteroatoms. The molecule has 27 heavy (non-hydrogen) atoms. The number of para-hydroxylation sites is 1. The minimum atomic E-state index is 0.256. The second-order valence-corrected chi connectivity index (χ2v) is 6.60. The molecule has 0 saturated carbocycles. The zero-order valence-electron chi connectivity index (χ0n) is 16.9. The Bertz CT molecular complexity index is 683. The number of hydrogen-bond donors (Lipinski definition) is 2. The van der Waals surface area contributed by atoms with Gasteiger partial charge in [-0.15, -0.1) is 10.2 Å². The third-order valence-electron chi connectivity index (χ3n) is 4.22. The molecular weight excluding hydrogens is 340 g/mol. The number of aromatic nitrogens is 3. The second-order valence-electron chi connectivity index (χ2n) is 6.60. The molecule has 0 radical (unpaired) electrons. The first-order valence-corrected chi connectivity index (χ1v) is 9.73. The number of nitrogens with zero attached hydrogens (tertiary/aromatic N) is 4. The molecule has 148 valence electrons. The zero-order valence-corrected chi connectivity index (χ0v) is 16.9. The van der Waals surface area contributed by atoms with E-state index in [1.165, 1.54) is 0 Å². The van der Waals surface area contributed by atoms with Gasteiger partial charge in [0.1, 0.15) is 12.9 Å². The van der Waals surface area contributed by atoms with Crippen LogP contribution in [0.3, 0.4) is 0 Å². The van der Waals surface area contributed by atoms with Crippen LogP contribution in [0, 0.1) is 5.92 Å². The van der Waals surface area contributed by atoms with E-state index in [9.17, 15) is 0 Å². The molecule has 1 aromatic heterocycles. The fourth-order valence-corrected chi connectivity index (χ4v) is 2.82. The quantitative estimate of drug-likeness (QED) is 0.495. The minimum Gasteiger partial charge on any atom is -0.378 e. The van der Waals surface area contributed by atoms with Gasteiger partial charge < -0.3 is 15.4 Å². The van der Waals surface area contributed by atoms with Gasteiger partial charge in [0.25, 0.3) is 0 Å². The second kappa shape index (κ2) is 11.3. The van der Waals surface area contributed by atoms with Crippen LogP contribution in [0.5, 0.6) is 0 Å². The van der Waals surface area contributed by atoms with Gasteiger partial charge in [-0.3, -0.25) is 4.57 Å². The Morgan fingerprint density at radius 2 is 1.96 bits per heavy atom. The molecule has 0 bridgehead atoms. The van der Waals surface area contributed by atoms with Crippen LogP contribution < -0.4 is 10.6 Å². The number of guanidine groups is 1. The van der Waals surface area contributed by atoms with E-state index in [2.05, 4.69) is 46.6 Å². The summed E-state index contributed by atoms with van der Waals surface area (Å²) in [6.45, 7) is 11.3. The van der Waals surface area contributed by atoms with Crippen LogP contribution in [0.2, 0.25) is 0 Å². The summed E-state index contributed by atoms with van der Waals surface area (Å²) < 4.78 is 7.76. The SMILES string of the molecule is CCNC(=NCc1nncn1-c1ccccc1)NCCC(OCC)C(C)C. The molecule has 2 aromatic rings. The van der Waals surface area contributed by atoms with Gasteiger partial charge in [0.2, 0.25) is 0 Å². The van der Waals surface area contributed by atoms with Gasteiger partial charge in [0.15, 0.2) is 11.8 Å². The lowest BCUT2D eigenvalue weighted by Gasteiger charge is -2.21. The first-order valence-electron chi connectivity index (χ1n) is 9.73. The Morgan fingerprint density at radius 1 is 1.19 bits per heavy atom. The molecule has 0 fully saturated rings. The van der Waals surface area contributed by atoms with Crippen LogP contribution in [-0.2, 0) is 11.3 Å². The molecule has 2 rings (SSSR count). The Labute approximate surface area is 162 Å². The van der Waals surface area contributed by atoms with Crippen LogP contribution in [0.1, 0.15) is 39.9 Å². The van der Waals surface area contributed by atoms with Crippen molar-refractivity contribution in [1.82, 2.24) is 25.4 Å². The third kappa shape index (κ3) is 6.67. The van der Waals surface area contributed by atoms with Crippen molar-refractivity contribution in [2.75, 3.05) is 19.7 Å². The first-order chi connectivity index (χ1) is 13.2. The predicted molar refractivity (Wildman–Crippen MR) is 109 cm³/mol. The minimum absolute atomic E-state index is 0.256. The normalized spacial score (nSPS) is 13.0. The lowest BCUT2D eigenvalue weighted by molar-refractivity contribution is 0.0258. The van der Waals surface area contributed by atoms with Crippen LogP contribution in [0.25, 0.3) is 5.69 Å². The summed E-state index contributed by atoms with van der Waals surface area (Å²) in [6.07, 6.45) is 2.91. The molecule has 0 saturated heterocycles. The maximum atomic E-state index is 5.81. The van der Waals surface area contributed by atoms with Crippen LogP contribution >= 0.6 is 0 Å². The number of ether oxygens (including phenoxy) is 1. The fraction of sp³-hybridized carbons (Fsp3) is 0.550. The number of rotatable bonds is 10. The Kier molecular flexibility index (Phi) is 8.77. The lowest BCUT2D eigenvalue weighted by Crippen LogP contribution is -2.39. The van der Waals surface area contributed by atoms with Crippen molar-refractivity contribution in [2.24, 2.45) is 10.9 Å². The van der Waals surface area contributed by atoms with E-state index in [1.807, 2.05) is 41.8 Å². The third-order valence-corrected chi connectivity index (χ3v) is 4.22. The summed E-state index contributed by atoms with van der Waals surface area (Å²) in [6, 6.07) is 10.0. The van der Waals surface area contributed by atoms with E-state index in [4.69, 9.17) is 4.74 Å².